The molecule has 2 aliphatic rings. The fourth-order valence-electron chi connectivity index (χ4n) is 3.94. The molecule has 9 nitrogen and oxygen atoms in total. The van der Waals surface area contributed by atoms with E-state index in [1.807, 2.05) is 0 Å². The zero-order valence-corrected chi connectivity index (χ0v) is 18.2. The van der Waals surface area contributed by atoms with Crippen molar-refractivity contribution in [1.29, 1.82) is 0 Å². The van der Waals surface area contributed by atoms with Crippen LogP contribution in [0.5, 0.6) is 5.75 Å². The first-order chi connectivity index (χ1) is 18.7. The molecule has 174 valence electrons. The molecule has 1 fully saturated rings. The van der Waals surface area contributed by atoms with Crippen LogP contribution in [0.4, 0.5) is 11.4 Å². The standard InChI is InChI=1S/C25H25N5O4/c1-34-19-11-9-18(10-12-19)30-23-20(22(27-30)24(26)32)13-15-29(25(23)33)17-7-5-16(6-8-17)28-14-3-2-4-21(28)31/h5-12H,2-4,13-15H2,1H3,(H2,26,32)/i2D2,3D2,13D2. The van der Waals surface area contributed by atoms with E-state index >= 15 is 0 Å². The molecule has 0 radical (unpaired) electrons. The van der Waals surface area contributed by atoms with Crippen LogP contribution in [0.3, 0.4) is 0 Å². The van der Waals surface area contributed by atoms with Gasteiger partial charge < -0.3 is 20.3 Å². The van der Waals surface area contributed by atoms with E-state index in [0.29, 0.717) is 17.1 Å². The van der Waals surface area contributed by atoms with Crippen LogP contribution < -0.4 is 20.3 Å². The van der Waals surface area contributed by atoms with E-state index in [9.17, 15) is 14.4 Å². The van der Waals surface area contributed by atoms with E-state index in [1.165, 1.54) is 41.0 Å². The molecule has 0 unspecified atom stereocenters. The Morgan fingerprint density at radius 3 is 2.26 bits per heavy atom. The lowest BCUT2D eigenvalue weighted by Crippen LogP contribution is -2.39. The Balaban J connectivity index is 1.53. The number of hydrogen-bond donors (Lipinski definition) is 1. The second-order valence-corrected chi connectivity index (χ2v) is 7.64. The van der Waals surface area contributed by atoms with Crippen LogP contribution in [0, 0.1) is 0 Å². The number of amides is 3. The maximum Gasteiger partial charge on any atom is 0.277 e. The number of fused-ring (bicyclic) bond motifs is 1. The molecule has 34 heavy (non-hydrogen) atoms. The molecule has 5 rings (SSSR count). The minimum atomic E-state index is -2.30. The summed E-state index contributed by atoms with van der Waals surface area (Å²) in [5.41, 5.74) is 5.76. The quantitative estimate of drug-likeness (QED) is 0.623. The number of rotatable bonds is 5. The van der Waals surface area contributed by atoms with Gasteiger partial charge in [-0.05, 0) is 67.6 Å². The summed E-state index contributed by atoms with van der Waals surface area (Å²) >= 11 is 0. The van der Waals surface area contributed by atoms with Gasteiger partial charge in [0.25, 0.3) is 11.8 Å². The Labute approximate surface area is 205 Å². The second kappa shape index (κ2) is 8.66. The van der Waals surface area contributed by atoms with Crippen molar-refractivity contribution in [3.05, 3.63) is 65.5 Å². The van der Waals surface area contributed by atoms with Crippen molar-refractivity contribution in [3.8, 4) is 11.4 Å². The van der Waals surface area contributed by atoms with E-state index in [4.69, 9.17) is 18.7 Å². The molecule has 3 amide bonds. The number of anilines is 2. The molecule has 2 N–H and O–H groups in total. The van der Waals surface area contributed by atoms with Gasteiger partial charge in [0.1, 0.15) is 11.4 Å². The highest BCUT2D eigenvalue weighted by Crippen LogP contribution is 2.31. The zero-order valence-electron chi connectivity index (χ0n) is 24.2. The summed E-state index contributed by atoms with van der Waals surface area (Å²) in [7, 11) is 1.49. The molecular weight excluding hydrogens is 434 g/mol. The number of benzene rings is 2. The highest BCUT2D eigenvalue weighted by molar-refractivity contribution is 6.09. The van der Waals surface area contributed by atoms with Gasteiger partial charge in [0.2, 0.25) is 5.91 Å². The Kier molecular flexibility index (Phi) is 3.99. The van der Waals surface area contributed by atoms with Crippen molar-refractivity contribution in [1.82, 2.24) is 9.78 Å². The van der Waals surface area contributed by atoms with Crippen molar-refractivity contribution in [2.75, 3.05) is 30.0 Å². The van der Waals surface area contributed by atoms with Gasteiger partial charge in [-0.25, -0.2) is 4.68 Å². The van der Waals surface area contributed by atoms with Gasteiger partial charge >= 0.3 is 0 Å². The molecule has 0 bridgehead atoms. The third kappa shape index (κ3) is 3.68. The van der Waals surface area contributed by atoms with E-state index in [0.717, 1.165) is 4.90 Å². The molecule has 0 aliphatic carbocycles. The Morgan fingerprint density at radius 2 is 1.62 bits per heavy atom. The Bertz CT molecular complexity index is 1520. The first kappa shape index (κ1) is 15.7. The average molecular weight is 466 g/mol. The number of nitrogens with two attached hydrogens (primary N) is 1. The normalized spacial score (nSPS) is 23.0. The minimum Gasteiger partial charge on any atom is -0.497 e. The van der Waals surface area contributed by atoms with Crippen LogP contribution >= 0.6 is 0 Å². The van der Waals surface area contributed by atoms with Gasteiger partial charge in [-0.3, -0.25) is 14.4 Å². The van der Waals surface area contributed by atoms with E-state index < -0.39 is 56.4 Å². The van der Waals surface area contributed by atoms with Gasteiger partial charge in [0, 0.05) is 44.7 Å². The molecule has 3 aromatic rings. The number of ether oxygens (including phenoxy) is 1. The van der Waals surface area contributed by atoms with Crippen molar-refractivity contribution < 1.29 is 27.3 Å². The topological polar surface area (TPSA) is 111 Å². The molecule has 2 aliphatic heterocycles. The van der Waals surface area contributed by atoms with E-state index in [-0.39, 0.29) is 22.6 Å². The number of hydrogen-bond acceptors (Lipinski definition) is 5. The van der Waals surface area contributed by atoms with Gasteiger partial charge in [0.15, 0.2) is 5.69 Å². The highest BCUT2D eigenvalue weighted by Gasteiger charge is 2.34. The zero-order chi connectivity index (χ0) is 29.2. The summed E-state index contributed by atoms with van der Waals surface area (Å²) in [4.78, 5) is 41.0. The Morgan fingerprint density at radius 1 is 0.971 bits per heavy atom. The first-order valence-corrected chi connectivity index (χ1v) is 10.5. The molecule has 3 heterocycles. The van der Waals surface area contributed by atoms with Crippen molar-refractivity contribution >= 4 is 29.1 Å². The summed E-state index contributed by atoms with van der Waals surface area (Å²) in [6.45, 7) is -0.929. The third-order valence-corrected chi connectivity index (χ3v) is 5.67. The van der Waals surface area contributed by atoms with Gasteiger partial charge in [-0.1, -0.05) is 0 Å². The number of piperidine rings is 1. The first-order valence-electron chi connectivity index (χ1n) is 13.5. The van der Waals surface area contributed by atoms with Crippen LogP contribution in [0.2, 0.25) is 0 Å². The fourth-order valence-corrected chi connectivity index (χ4v) is 3.94. The average Bonchev–Trinajstić information content (AvgIpc) is 3.31. The largest absolute Gasteiger partial charge is 0.497 e. The lowest BCUT2D eigenvalue weighted by atomic mass is 10.0. The monoisotopic (exact) mass is 465 g/mol. The van der Waals surface area contributed by atoms with Crippen molar-refractivity contribution in [3.63, 3.8) is 0 Å². The van der Waals surface area contributed by atoms with Crippen LogP contribution in [0.15, 0.2) is 48.5 Å². The molecule has 0 spiro atoms. The summed E-state index contributed by atoms with van der Waals surface area (Å²) in [5, 5.41) is 4.20. The molecule has 0 atom stereocenters. The lowest BCUT2D eigenvalue weighted by Gasteiger charge is -2.29. The third-order valence-electron chi connectivity index (χ3n) is 5.67. The molecule has 1 aromatic heterocycles. The molecule has 0 saturated carbocycles. The predicted octanol–water partition coefficient (Wildman–Crippen LogP) is 2.70. The van der Waals surface area contributed by atoms with Crippen molar-refractivity contribution in [2.24, 2.45) is 5.73 Å². The van der Waals surface area contributed by atoms with E-state index in [1.54, 1.807) is 24.3 Å². The van der Waals surface area contributed by atoms with Crippen LogP contribution in [0.25, 0.3) is 5.69 Å². The molecule has 9 heteroatoms. The SMILES string of the molecule is [2H]C1([2H])CN(c2ccc(N3CC([2H])([2H])C([2H])([2H])CC3=O)cc2)C(=O)c2c1c(C(N)=O)nn2-c1ccc(OC)cc1. The molecule has 1 saturated heterocycles. The second-order valence-electron chi connectivity index (χ2n) is 7.64. The van der Waals surface area contributed by atoms with Crippen LogP contribution in [-0.2, 0) is 11.2 Å². The molecular formula is C25H25N5O4. The summed E-state index contributed by atoms with van der Waals surface area (Å²) in [6, 6.07) is 12.4. The Hall–Kier alpha value is -4.14. The summed E-state index contributed by atoms with van der Waals surface area (Å²) in [6.07, 6.45) is -7.40. The maximum absolute atomic E-state index is 13.8. The maximum atomic E-state index is 13.8. The highest BCUT2D eigenvalue weighted by atomic mass is 16.5. The van der Waals surface area contributed by atoms with Crippen LogP contribution in [-0.4, -0.2) is 47.7 Å². The number of methoxy groups -OCH3 is 1. The van der Waals surface area contributed by atoms with Crippen LogP contribution in [0.1, 0.15) is 53.9 Å². The number of carbonyl (C=O) groups is 3. The fraction of sp³-hybridized carbons (Fsp3) is 0.280. The van der Waals surface area contributed by atoms with Gasteiger partial charge in [0.05, 0.1) is 12.8 Å². The number of nitrogens with zero attached hydrogens (tertiary/aromatic N) is 4. The van der Waals surface area contributed by atoms with Gasteiger partial charge in [-0.15, -0.1) is 0 Å². The van der Waals surface area contributed by atoms with Gasteiger partial charge in [-0.2, -0.15) is 5.10 Å². The van der Waals surface area contributed by atoms with Crippen molar-refractivity contribution in [2.45, 2.75) is 25.5 Å². The predicted molar refractivity (Wildman–Crippen MR) is 127 cm³/mol. The number of aromatic nitrogens is 2. The summed E-state index contributed by atoms with van der Waals surface area (Å²) < 4.78 is 55.6. The lowest BCUT2D eigenvalue weighted by molar-refractivity contribution is -0.119. The van der Waals surface area contributed by atoms with E-state index in [2.05, 4.69) is 5.10 Å². The number of primary amides is 1. The molecule has 2 aromatic carbocycles. The summed E-state index contributed by atoms with van der Waals surface area (Å²) in [5.74, 6) is -1.65. The minimum absolute atomic E-state index is 0.166. The smallest absolute Gasteiger partial charge is 0.277 e. The number of carbonyl (C=O) groups excluding carboxylic acids is 3.